The summed E-state index contributed by atoms with van der Waals surface area (Å²) in [5, 5.41) is 0. The molecule has 16 heavy (non-hydrogen) atoms. The van der Waals surface area contributed by atoms with Gasteiger partial charge >= 0.3 is 0 Å². The molecule has 0 aromatic carbocycles. The maximum atomic E-state index is 6.00. The van der Waals surface area contributed by atoms with E-state index in [1.807, 2.05) is 6.20 Å². The minimum Gasteiger partial charge on any atom is -0.370 e. The van der Waals surface area contributed by atoms with Crippen molar-refractivity contribution < 1.29 is 0 Å². The fraction of sp³-hybridized carbons (Fsp3) is 0.615. The van der Waals surface area contributed by atoms with E-state index in [-0.39, 0.29) is 0 Å². The van der Waals surface area contributed by atoms with Gasteiger partial charge in [-0.05, 0) is 30.9 Å². The molecule has 0 spiro atoms. The molecule has 0 aliphatic carbocycles. The average molecular weight is 219 g/mol. The van der Waals surface area contributed by atoms with E-state index in [1.165, 1.54) is 12.1 Å². The standard InChI is InChI=1S/C13H21N3/c1-10(2)13-8-12(5-6-15-13)16-7-3-4-11(14)9-16/h5-6,8,10-11H,3-4,7,9,14H2,1-2H3. The predicted molar refractivity (Wildman–Crippen MR) is 67.7 cm³/mol. The third-order valence-corrected chi connectivity index (χ3v) is 3.18. The van der Waals surface area contributed by atoms with Crippen LogP contribution in [0.15, 0.2) is 18.3 Å². The molecule has 3 heteroatoms. The van der Waals surface area contributed by atoms with Crippen LogP contribution in [0.3, 0.4) is 0 Å². The Morgan fingerprint density at radius 2 is 2.31 bits per heavy atom. The largest absolute Gasteiger partial charge is 0.370 e. The van der Waals surface area contributed by atoms with Gasteiger partial charge in [-0.1, -0.05) is 13.8 Å². The summed E-state index contributed by atoms with van der Waals surface area (Å²) in [5.74, 6) is 0.485. The molecule has 1 aromatic heterocycles. The Morgan fingerprint density at radius 1 is 1.50 bits per heavy atom. The van der Waals surface area contributed by atoms with Crippen molar-refractivity contribution >= 4 is 5.69 Å². The van der Waals surface area contributed by atoms with Crippen molar-refractivity contribution in [1.29, 1.82) is 0 Å². The van der Waals surface area contributed by atoms with Crippen molar-refractivity contribution in [2.75, 3.05) is 18.0 Å². The third kappa shape index (κ3) is 2.53. The highest BCUT2D eigenvalue weighted by atomic mass is 15.1. The van der Waals surface area contributed by atoms with E-state index < -0.39 is 0 Å². The Morgan fingerprint density at radius 3 is 3.00 bits per heavy atom. The highest BCUT2D eigenvalue weighted by Crippen LogP contribution is 2.22. The van der Waals surface area contributed by atoms with Crippen LogP contribution in [0.1, 0.15) is 38.3 Å². The Labute approximate surface area is 97.7 Å². The summed E-state index contributed by atoms with van der Waals surface area (Å²) >= 11 is 0. The zero-order chi connectivity index (χ0) is 11.5. The molecule has 1 fully saturated rings. The summed E-state index contributed by atoms with van der Waals surface area (Å²) < 4.78 is 0. The van der Waals surface area contributed by atoms with Crippen LogP contribution in [-0.2, 0) is 0 Å². The van der Waals surface area contributed by atoms with Gasteiger partial charge in [0.2, 0.25) is 0 Å². The first-order valence-corrected chi connectivity index (χ1v) is 6.13. The Bertz CT molecular complexity index is 349. The van der Waals surface area contributed by atoms with Gasteiger partial charge in [0.25, 0.3) is 0 Å². The number of nitrogens with zero attached hydrogens (tertiary/aromatic N) is 2. The molecule has 1 aliphatic rings. The smallest absolute Gasteiger partial charge is 0.0449 e. The van der Waals surface area contributed by atoms with E-state index in [9.17, 15) is 0 Å². The monoisotopic (exact) mass is 219 g/mol. The Balaban J connectivity index is 2.16. The maximum Gasteiger partial charge on any atom is 0.0449 e. The fourth-order valence-corrected chi connectivity index (χ4v) is 2.19. The van der Waals surface area contributed by atoms with Gasteiger partial charge in [0.1, 0.15) is 0 Å². The average Bonchev–Trinajstić information content (AvgIpc) is 2.29. The number of hydrogen-bond donors (Lipinski definition) is 1. The highest BCUT2D eigenvalue weighted by molar-refractivity contribution is 5.47. The normalized spacial score (nSPS) is 21.5. The van der Waals surface area contributed by atoms with Crippen molar-refractivity contribution in [2.45, 2.75) is 38.6 Å². The first-order chi connectivity index (χ1) is 7.66. The van der Waals surface area contributed by atoms with Crippen LogP contribution in [0.25, 0.3) is 0 Å². The molecular formula is C13H21N3. The van der Waals surface area contributed by atoms with Crippen LogP contribution < -0.4 is 10.6 Å². The van der Waals surface area contributed by atoms with E-state index in [0.29, 0.717) is 12.0 Å². The molecule has 2 heterocycles. The minimum atomic E-state index is 0.324. The number of nitrogens with two attached hydrogens (primary N) is 1. The summed E-state index contributed by atoms with van der Waals surface area (Å²) in [6, 6.07) is 4.61. The second-order valence-electron chi connectivity index (χ2n) is 4.94. The van der Waals surface area contributed by atoms with E-state index >= 15 is 0 Å². The lowest BCUT2D eigenvalue weighted by atomic mass is 10.0. The number of rotatable bonds is 2. The number of aromatic nitrogens is 1. The lowest BCUT2D eigenvalue weighted by Crippen LogP contribution is -2.42. The SMILES string of the molecule is CC(C)c1cc(N2CCCC(N)C2)ccn1. The first-order valence-electron chi connectivity index (χ1n) is 6.13. The molecule has 3 nitrogen and oxygen atoms in total. The van der Waals surface area contributed by atoms with Crippen molar-refractivity contribution in [1.82, 2.24) is 4.98 Å². The molecule has 2 rings (SSSR count). The molecule has 1 aliphatic heterocycles. The lowest BCUT2D eigenvalue weighted by molar-refractivity contribution is 0.506. The zero-order valence-electron chi connectivity index (χ0n) is 10.2. The van der Waals surface area contributed by atoms with E-state index in [4.69, 9.17) is 5.73 Å². The first kappa shape index (κ1) is 11.4. The van der Waals surface area contributed by atoms with Gasteiger partial charge in [0.15, 0.2) is 0 Å². The van der Waals surface area contributed by atoms with Gasteiger partial charge in [0.05, 0.1) is 0 Å². The van der Waals surface area contributed by atoms with Gasteiger partial charge in [-0.2, -0.15) is 0 Å². The number of pyridine rings is 1. The van der Waals surface area contributed by atoms with Crippen LogP contribution in [0.2, 0.25) is 0 Å². The second-order valence-corrected chi connectivity index (χ2v) is 4.94. The number of hydrogen-bond acceptors (Lipinski definition) is 3. The Hall–Kier alpha value is -1.09. The molecule has 2 N–H and O–H groups in total. The molecule has 1 aromatic rings. The fourth-order valence-electron chi connectivity index (χ4n) is 2.19. The van der Waals surface area contributed by atoms with Crippen molar-refractivity contribution in [3.05, 3.63) is 24.0 Å². The molecule has 1 unspecified atom stereocenters. The van der Waals surface area contributed by atoms with Crippen LogP contribution in [-0.4, -0.2) is 24.1 Å². The van der Waals surface area contributed by atoms with Crippen molar-refractivity contribution in [3.8, 4) is 0 Å². The van der Waals surface area contributed by atoms with E-state index in [2.05, 4.69) is 35.9 Å². The summed E-state index contributed by atoms with van der Waals surface area (Å²) in [6.07, 6.45) is 4.25. The quantitative estimate of drug-likeness (QED) is 0.828. The molecule has 0 radical (unpaired) electrons. The molecule has 0 bridgehead atoms. The molecule has 1 saturated heterocycles. The third-order valence-electron chi connectivity index (χ3n) is 3.18. The lowest BCUT2D eigenvalue weighted by Gasteiger charge is -2.32. The van der Waals surface area contributed by atoms with E-state index in [1.54, 1.807) is 0 Å². The zero-order valence-corrected chi connectivity index (χ0v) is 10.2. The van der Waals surface area contributed by atoms with Gasteiger partial charge in [0, 0.05) is 36.7 Å². The van der Waals surface area contributed by atoms with Crippen molar-refractivity contribution in [3.63, 3.8) is 0 Å². The van der Waals surface area contributed by atoms with Gasteiger partial charge in [-0.3, -0.25) is 4.98 Å². The van der Waals surface area contributed by atoms with E-state index in [0.717, 1.165) is 25.2 Å². The highest BCUT2D eigenvalue weighted by Gasteiger charge is 2.17. The molecule has 0 amide bonds. The maximum absolute atomic E-state index is 6.00. The Kier molecular flexibility index (Phi) is 3.44. The molecule has 88 valence electrons. The van der Waals surface area contributed by atoms with Gasteiger partial charge in [-0.25, -0.2) is 0 Å². The topological polar surface area (TPSA) is 42.1 Å². The number of piperidine rings is 1. The summed E-state index contributed by atoms with van der Waals surface area (Å²) in [4.78, 5) is 6.77. The van der Waals surface area contributed by atoms with Gasteiger partial charge < -0.3 is 10.6 Å². The van der Waals surface area contributed by atoms with Crippen LogP contribution in [0, 0.1) is 0 Å². The van der Waals surface area contributed by atoms with Crippen LogP contribution in [0.5, 0.6) is 0 Å². The molecular weight excluding hydrogens is 198 g/mol. The summed E-state index contributed by atoms with van der Waals surface area (Å²) in [5.41, 5.74) is 8.44. The molecule has 0 saturated carbocycles. The van der Waals surface area contributed by atoms with Crippen LogP contribution in [0.4, 0.5) is 5.69 Å². The minimum absolute atomic E-state index is 0.324. The second kappa shape index (κ2) is 4.83. The summed E-state index contributed by atoms with van der Waals surface area (Å²) in [7, 11) is 0. The predicted octanol–water partition coefficient (Wildman–Crippen LogP) is 2.13. The van der Waals surface area contributed by atoms with Crippen LogP contribution >= 0.6 is 0 Å². The van der Waals surface area contributed by atoms with Gasteiger partial charge in [-0.15, -0.1) is 0 Å². The number of anilines is 1. The summed E-state index contributed by atoms with van der Waals surface area (Å²) in [6.45, 7) is 6.44. The van der Waals surface area contributed by atoms with Crippen molar-refractivity contribution in [2.24, 2.45) is 5.73 Å². The molecule has 1 atom stereocenters.